The third kappa shape index (κ3) is 6.66. The standard InChI is InChI=1S/C21H30FN2O17P/c1-19(29)15(24-5-4-13(25)23-16(24)26)40-20(10-22)14(21(19,20)30)41-42(31,38-11-36-17(27)34-8-6-32-2)39-12-37-18(28)35-9-7-33-3/h4-5,14-15,29-30H,6-12H2,1-3H3,(H,23,25,26)/t14-,15-,19+,20-,21+/m1/s1. The lowest BCUT2D eigenvalue weighted by Gasteiger charge is -2.33. The lowest BCUT2D eigenvalue weighted by Crippen LogP contribution is -2.51. The number of phosphoric acid groups is 1. The number of fused-ring (bicyclic) bond motifs is 1. The largest absolute Gasteiger partial charge is 0.510 e. The SMILES string of the molecule is COCCOC(=O)OCOP(=O)(OCOC(=O)OCCOC)O[C@H]1[C@]2(O)[C@@](C)(O)[C@H](n3ccc(=O)[nH]c3=O)O[C@]12CF. The molecule has 0 unspecified atom stereocenters. The lowest BCUT2D eigenvalue weighted by molar-refractivity contribution is -0.168. The molecule has 21 heteroatoms. The number of aliphatic hydroxyl groups is 2. The highest BCUT2D eigenvalue weighted by molar-refractivity contribution is 7.48. The van der Waals surface area contributed by atoms with Gasteiger partial charge in [0, 0.05) is 26.5 Å². The van der Waals surface area contributed by atoms with E-state index < -0.39 is 80.8 Å². The van der Waals surface area contributed by atoms with Gasteiger partial charge in [0.15, 0.2) is 17.4 Å². The minimum absolute atomic E-state index is 0.0379. The Morgan fingerprint density at radius 2 is 1.57 bits per heavy atom. The number of aromatic amines is 1. The molecule has 238 valence electrons. The second-order valence-electron chi connectivity index (χ2n) is 8.82. The molecule has 1 saturated carbocycles. The highest BCUT2D eigenvalue weighted by Crippen LogP contribution is 2.71. The van der Waals surface area contributed by atoms with Crippen LogP contribution in [0.2, 0.25) is 0 Å². The van der Waals surface area contributed by atoms with Gasteiger partial charge in [-0.1, -0.05) is 0 Å². The number of phosphoric ester groups is 1. The predicted molar refractivity (Wildman–Crippen MR) is 129 cm³/mol. The molecule has 1 aromatic rings. The summed E-state index contributed by atoms with van der Waals surface area (Å²) in [5.41, 5.74) is -9.45. The molecule has 2 aliphatic rings. The first-order chi connectivity index (χ1) is 19.8. The molecule has 1 saturated heterocycles. The van der Waals surface area contributed by atoms with Gasteiger partial charge in [0.05, 0.1) is 13.2 Å². The number of H-pyrrole nitrogens is 1. The molecule has 1 aliphatic carbocycles. The number of ether oxygens (including phenoxy) is 7. The number of carbonyl (C=O) groups is 2. The average Bonchev–Trinajstić information content (AvgIpc) is 3.37. The van der Waals surface area contributed by atoms with E-state index >= 15 is 0 Å². The van der Waals surface area contributed by atoms with Gasteiger partial charge in [0.25, 0.3) is 5.56 Å². The van der Waals surface area contributed by atoms with Crippen LogP contribution in [0.1, 0.15) is 13.2 Å². The van der Waals surface area contributed by atoms with E-state index in [0.29, 0.717) is 4.57 Å². The molecular weight excluding hydrogens is 602 g/mol. The van der Waals surface area contributed by atoms with E-state index in [0.717, 1.165) is 19.2 Å². The predicted octanol–water partition coefficient (Wildman–Crippen LogP) is -0.690. The molecule has 1 aliphatic heterocycles. The first kappa shape index (κ1) is 33.6. The van der Waals surface area contributed by atoms with Gasteiger partial charge in [-0.3, -0.25) is 18.9 Å². The van der Waals surface area contributed by atoms with Crippen LogP contribution in [-0.4, -0.2) is 116 Å². The number of nitrogens with zero attached hydrogens (tertiary/aromatic N) is 1. The Labute approximate surface area is 235 Å². The monoisotopic (exact) mass is 632 g/mol. The van der Waals surface area contributed by atoms with E-state index in [9.17, 15) is 38.3 Å². The van der Waals surface area contributed by atoms with Crippen molar-refractivity contribution >= 4 is 20.1 Å². The summed E-state index contributed by atoms with van der Waals surface area (Å²) in [4.78, 5) is 48.9. The second-order valence-corrected chi connectivity index (χ2v) is 10.4. The van der Waals surface area contributed by atoms with Gasteiger partial charge < -0.3 is 43.4 Å². The third-order valence-corrected chi connectivity index (χ3v) is 7.58. The number of alkyl halides is 1. The Morgan fingerprint density at radius 3 is 2.02 bits per heavy atom. The molecule has 2 heterocycles. The molecule has 42 heavy (non-hydrogen) atoms. The molecule has 0 bridgehead atoms. The molecule has 0 spiro atoms. The minimum Gasteiger partial charge on any atom is -0.432 e. The number of halogens is 1. The summed E-state index contributed by atoms with van der Waals surface area (Å²) < 4.78 is 76.9. The van der Waals surface area contributed by atoms with Gasteiger partial charge in [-0.25, -0.2) is 32.4 Å². The maximum absolute atomic E-state index is 14.4. The normalized spacial score (nSPS) is 28.1. The fourth-order valence-corrected chi connectivity index (χ4v) is 5.26. The first-order valence-corrected chi connectivity index (χ1v) is 13.4. The van der Waals surface area contributed by atoms with Crippen molar-refractivity contribution in [3.63, 3.8) is 0 Å². The number of methoxy groups -OCH3 is 2. The van der Waals surface area contributed by atoms with E-state index in [1.54, 1.807) is 0 Å². The topological polar surface area (TPSA) is 239 Å². The fraction of sp³-hybridized carbons (Fsp3) is 0.714. The summed E-state index contributed by atoms with van der Waals surface area (Å²) in [5.74, 6) is 0. The first-order valence-electron chi connectivity index (χ1n) is 12.0. The Morgan fingerprint density at radius 1 is 1.02 bits per heavy atom. The number of nitrogens with one attached hydrogen (secondary N) is 1. The summed E-state index contributed by atoms with van der Waals surface area (Å²) >= 11 is 0. The van der Waals surface area contributed by atoms with Crippen molar-refractivity contribution in [2.45, 2.75) is 36.1 Å². The van der Waals surface area contributed by atoms with Gasteiger partial charge in [-0.15, -0.1) is 0 Å². The zero-order chi connectivity index (χ0) is 31.2. The number of hydrogen-bond donors (Lipinski definition) is 3. The van der Waals surface area contributed by atoms with E-state index in [1.807, 2.05) is 4.98 Å². The lowest BCUT2D eigenvalue weighted by atomic mass is 9.94. The fourth-order valence-electron chi connectivity index (χ4n) is 4.11. The molecule has 3 N–H and O–H groups in total. The smallest absolute Gasteiger partial charge is 0.432 e. The molecule has 1 aromatic heterocycles. The van der Waals surface area contributed by atoms with E-state index in [4.69, 9.17) is 27.8 Å². The van der Waals surface area contributed by atoms with E-state index in [1.165, 1.54) is 14.2 Å². The van der Waals surface area contributed by atoms with Gasteiger partial charge in [-0.05, 0) is 6.92 Å². The number of hydrogen-bond acceptors (Lipinski definition) is 17. The Hall–Kier alpha value is -2.94. The van der Waals surface area contributed by atoms with E-state index in [2.05, 4.69) is 18.9 Å². The van der Waals surface area contributed by atoms with Gasteiger partial charge in [-0.2, -0.15) is 0 Å². The maximum Gasteiger partial charge on any atom is 0.510 e. The van der Waals surface area contributed by atoms with Crippen molar-refractivity contribution in [2.75, 3.05) is 60.9 Å². The number of rotatable bonds is 16. The quantitative estimate of drug-likeness (QED) is 0.0884. The summed E-state index contributed by atoms with van der Waals surface area (Å²) in [6, 6.07) is 0.918. The van der Waals surface area contributed by atoms with Gasteiger partial charge >= 0.3 is 25.8 Å². The zero-order valence-corrected chi connectivity index (χ0v) is 23.4. The van der Waals surface area contributed by atoms with Crippen molar-refractivity contribution in [2.24, 2.45) is 0 Å². The molecule has 5 atom stereocenters. The van der Waals surface area contributed by atoms with Crippen LogP contribution in [0.25, 0.3) is 0 Å². The van der Waals surface area contributed by atoms with Crippen molar-refractivity contribution in [1.82, 2.24) is 9.55 Å². The minimum atomic E-state index is -5.05. The number of aromatic nitrogens is 2. The van der Waals surface area contributed by atoms with Crippen LogP contribution in [-0.2, 0) is 51.3 Å². The molecular formula is C21H30FN2O17P. The van der Waals surface area contributed by atoms with E-state index in [-0.39, 0.29) is 26.4 Å². The summed E-state index contributed by atoms with van der Waals surface area (Å²) in [6.45, 7) is -3.17. The van der Waals surface area contributed by atoms with Gasteiger partial charge in [0.1, 0.15) is 31.6 Å². The molecule has 3 rings (SSSR count). The summed E-state index contributed by atoms with van der Waals surface area (Å²) in [5, 5.41) is 22.5. The van der Waals surface area contributed by atoms with Crippen molar-refractivity contribution in [3.8, 4) is 0 Å². The van der Waals surface area contributed by atoms with Crippen LogP contribution in [0.4, 0.5) is 14.0 Å². The molecule has 0 amide bonds. The highest BCUT2D eigenvalue weighted by atomic mass is 31.2. The summed E-state index contributed by atoms with van der Waals surface area (Å²) in [7, 11) is -2.35. The van der Waals surface area contributed by atoms with Crippen LogP contribution < -0.4 is 11.2 Å². The van der Waals surface area contributed by atoms with Crippen LogP contribution in [0.3, 0.4) is 0 Å². The Bertz CT molecular complexity index is 1240. The van der Waals surface area contributed by atoms with Gasteiger partial charge in [0.2, 0.25) is 13.6 Å². The molecule has 0 radical (unpaired) electrons. The highest BCUT2D eigenvalue weighted by Gasteiger charge is 2.93. The Balaban J connectivity index is 1.75. The summed E-state index contributed by atoms with van der Waals surface area (Å²) in [6.07, 6.45) is -5.34. The third-order valence-electron chi connectivity index (χ3n) is 6.27. The van der Waals surface area contributed by atoms with Crippen LogP contribution >= 0.6 is 7.82 Å². The maximum atomic E-state index is 14.4. The van der Waals surface area contributed by atoms with Crippen molar-refractivity contribution in [1.29, 1.82) is 0 Å². The Kier molecular flexibility index (Phi) is 10.8. The number of carbonyl (C=O) groups excluding carboxylic acids is 2. The van der Waals surface area contributed by atoms with Crippen molar-refractivity contribution in [3.05, 3.63) is 33.1 Å². The zero-order valence-electron chi connectivity index (χ0n) is 22.5. The van der Waals surface area contributed by atoms with Crippen molar-refractivity contribution < 1.29 is 75.5 Å². The molecule has 19 nitrogen and oxygen atoms in total. The average molecular weight is 632 g/mol. The van der Waals surface area contributed by atoms with Crippen LogP contribution in [0.5, 0.6) is 0 Å². The van der Waals surface area contributed by atoms with Crippen LogP contribution in [0.15, 0.2) is 21.9 Å². The van der Waals surface area contributed by atoms with Crippen LogP contribution in [0, 0.1) is 0 Å². The molecule has 0 aromatic carbocycles. The molecule has 2 fully saturated rings. The second kappa shape index (κ2) is 13.6.